The first-order valence-electron chi connectivity index (χ1n) is 10.00. The summed E-state index contributed by atoms with van der Waals surface area (Å²) in [6.45, 7) is 7.92. The molecule has 2 aromatic rings. The summed E-state index contributed by atoms with van der Waals surface area (Å²) in [5.74, 6) is -2.90. The van der Waals surface area contributed by atoms with Gasteiger partial charge in [-0.1, -0.05) is 54.1 Å². The van der Waals surface area contributed by atoms with Gasteiger partial charge in [0.15, 0.2) is 5.41 Å². The van der Waals surface area contributed by atoms with E-state index in [2.05, 4.69) is 6.58 Å². The first-order valence-corrected chi connectivity index (χ1v) is 10.00. The summed E-state index contributed by atoms with van der Waals surface area (Å²) >= 11 is 0. The number of aliphatic carboxylic acids is 1. The number of nitrogens with zero attached hydrogens (tertiary/aromatic N) is 1. The van der Waals surface area contributed by atoms with Crippen LogP contribution in [0.3, 0.4) is 0 Å². The fraction of sp³-hybridized carbons (Fsp3) is 0.320. The molecule has 0 aromatic heterocycles. The monoisotopic (exact) mass is 403 g/mol. The number of aryl methyl sites for hydroxylation is 1. The lowest BCUT2D eigenvalue weighted by Crippen LogP contribution is -2.48. The van der Waals surface area contributed by atoms with E-state index in [0.29, 0.717) is 0 Å². The van der Waals surface area contributed by atoms with Crippen molar-refractivity contribution in [2.45, 2.75) is 31.6 Å². The van der Waals surface area contributed by atoms with E-state index < -0.39 is 28.7 Å². The van der Waals surface area contributed by atoms with Crippen LogP contribution in [0.4, 0.5) is 5.69 Å². The molecule has 0 bridgehead atoms. The highest BCUT2D eigenvalue weighted by Gasteiger charge is 2.72. The van der Waals surface area contributed by atoms with Crippen LogP contribution in [0.1, 0.15) is 36.0 Å². The van der Waals surface area contributed by atoms with Crippen LogP contribution in [0.25, 0.3) is 0 Å². The van der Waals surface area contributed by atoms with Crippen molar-refractivity contribution in [3.05, 3.63) is 77.9 Å². The van der Waals surface area contributed by atoms with Crippen LogP contribution in [-0.2, 0) is 19.7 Å². The predicted octanol–water partition coefficient (Wildman–Crippen LogP) is 4.57. The van der Waals surface area contributed by atoms with Crippen LogP contribution in [0.2, 0.25) is 0 Å². The Morgan fingerprint density at radius 3 is 2.43 bits per heavy atom. The number of rotatable bonds is 4. The maximum Gasteiger partial charge on any atom is 0.323 e. The lowest BCUT2D eigenvalue weighted by Gasteiger charge is -2.40. The third kappa shape index (κ3) is 2.38. The molecule has 0 amide bonds. The van der Waals surface area contributed by atoms with Gasteiger partial charge in [0.25, 0.3) is 0 Å². The average molecular weight is 403 g/mol. The van der Waals surface area contributed by atoms with Crippen molar-refractivity contribution in [2.24, 2.45) is 16.3 Å². The zero-order chi connectivity index (χ0) is 21.7. The minimum atomic E-state index is -1.75. The molecule has 1 N–H and O–H groups in total. The van der Waals surface area contributed by atoms with Gasteiger partial charge >= 0.3 is 11.9 Å². The minimum Gasteiger partial charge on any atom is -0.480 e. The fourth-order valence-corrected chi connectivity index (χ4v) is 5.71. The van der Waals surface area contributed by atoms with Gasteiger partial charge in [-0.2, -0.15) is 0 Å². The van der Waals surface area contributed by atoms with Crippen LogP contribution < -0.4 is 0 Å². The van der Waals surface area contributed by atoms with E-state index in [-0.39, 0.29) is 12.3 Å². The fourth-order valence-electron chi connectivity index (χ4n) is 5.71. The summed E-state index contributed by atoms with van der Waals surface area (Å²) in [5.41, 5.74) is 1.84. The van der Waals surface area contributed by atoms with Crippen LogP contribution in [0, 0.1) is 18.3 Å². The third-order valence-electron chi connectivity index (χ3n) is 6.94. The Morgan fingerprint density at radius 2 is 1.83 bits per heavy atom. The molecule has 1 heterocycles. The van der Waals surface area contributed by atoms with Gasteiger partial charge in [0.2, 0.25) is 0 Å². The zero-order valence-corrected chi connectivity index (χ0v) is 17.4. The predicted molar refractivity (Wildman–Crippen MR) is 115 cm³/mol. The van der Waals surface area contributed by atoms with E-state index in [4.69, 9.17) is 9.73 Å². The van der Waals surface area contributed by atoms with Crippen molar-refractivity contribution in [1.82, 2.24) is 0 Å². The number of allylic oxidation sites excluding steroid dienone is 1. The number of hydrogen-bond acceptors (Lipinski definition) is 4. The lowest BCUT2D eigenvalue weighted by atomic mass is 9.59. The first kappa shape index (κ1) is 20.1. The molecule has 1 aliphatic carbocycles. The summed E-state index contributed by atoms with van der Waals surface area (Å²) in [5, 5.41) is 10.5. The molecule has 154 valence electrons. The molecule has 5 nitrogen and oxygen atoms in total. The molecule has 1 unspecified atom stereocenters. The topological polar surface area (TPSA) is 76.0 Å². The summed E-state index contributed by atoms with van der Waals surface area (Å²) in [6.07, 6.45) is 1.87. The zero-order valence-electron chi connectivity index (χ0n) is 17.4. The van der Waals surface area contributed by atoms with E-state index in [1.165, 1.54) is 7.11 Å². The molecule has 2 aromatic carbocycles. The second kappa shape index (κ2) is 6.94. The summed E-state index contributed by atoms with van der Waals surface area (Å²) in [7, 11) is 1.25. The highest BCUT2D eigenvalue weighted by atomic mass is 16.5. The maximum absolute atomic E-state index is 13.2. The van der Waals surface area contributed by atoms with Crippen molar-refractivity contribution in [3.63, 3.8) is 0 Å². The van der Waals surface area contributed by atoms with Gasteiger partial charge in [0.05, 0.1) is 18.2 Å². The van der Waals surface area contributed by atoms with Crippen LogP contribution in [0.5, 0.6) is 0 Å². The molecule has 1 fully saturated rings. The molecule has 1 saturated carbocycles. The maximum atomic E-state index is 13.2. The van der Waals surface area contributed by atoms with E-state index >= 15 is 0 Å². The van der Waals surface area contributed by atoms with Crippen molar-refractivity contribution in [3.8, 4) is 0 Å². The van der Waals surface area contributed by atoms with Crippen molar-refractivity contribution < 1.29 is 19.4 Å². The SMILES string of the molecule is C=C[C@H]1CC(C(=O)O)(C(=O)OC)[C@@H](c2ccc(C)cc2)[C@]12C(C)=Nc1ccccc12. The summed E-state index contributed by atoms with van der Waals surface area (Å²) in [6, 6.07) is 15.5. The average Bonchev–Trinajstić information content (AvgIpc) is 3.22. The molecule has 0 radical (unpaired) electrons. The lowest BCUT2D eigenvalue weighted by molar-refractivity contribution is -0.168. The van der Waals surface area contributed by atoms with Gasteiger partial charge in [-0.3, -0.25) is 14.6 Å². The van der Waals surface area contributed by atoms with E-state index in [0.717, 1.165) is 28.1 Å². The molecule has 1 spiro atoms. The molecule has 4 rings (SSSR count). The number of aliphatic imine (C=N–C) groups is 1. The summed E-state index contributed by atoms with van der Waals surface area (Å²) in [4.78, 5) is 30.8. The highest BCUT2D eigenvalue weighted by molar-refractivity contribution is 6.08. The Labute approximate surface area is 176 Å². The van der Waals surface area contributed by atoms with Gasteiger partial charge in [-0.15, -0.1) is 6.58 Å². The number of hydrogen-bond donors (Lipinski definition) is 1. The second-order valence-electron chi connectivity index (χ2n) is 8.24. The molecule has 5 heteroatoms. The molecular weight excluding hydrogens is 378 g/mol. The van der Waals surface area contributed by atoms with E-state index in [9.17, 15) is 14.7 Å². The number of carbonyl (C=O) groups is 2. The van der Waals surface area contributed by atoms with Crippen LogP contribution in [0.15, 0.2) is 66.2 Å². The van der Waals surface area contributed by atoms with Crippen LogP contribution in [-0.4, -0.2) is 29.9 Å². The first-order chi connectivity index (χ1) is 14.3. The molecule has 4 atom stereocenters. The number of benzene rings is 2. The van der Waals surface area contributed by atoms with Gasteiger partial charge in [-0.05, 0) is 43.4 Å². The number of carboxylic acid groups (broad SMARTS) is 1. The van der Waals surface area contributed by atoms with Crippen molar-refractivity contribution in [1.29, 1.82) is 0 Å². The number of esters is 1. The number of carbonyl (C=O) groups excluding carboxylic acids is 1. The molecule has 30 heavy (non-hydrogen) atoms. The van der Waals surface area contributed by atoms with Gasteiger partial charge in [0.1, 0.15) is 0 Å². The number of methoxy groups -OCH3 is 1. The largest absolute Gasteiger partial charge is 0.480 e. The van der Waals surface area contributed by atoms with Crippen molar-refractivity contribution >= 4 is 23.3 Å². The van der Waals surface area contributed by atoms with E-state index in [1.807, 2.05) is 62.4 Å². The Hall–Kier alpha value is -3.21. The van der Waals surface area contributed by atoms with Gasteiger partial charge in [-0.25, -0.2) is 0 Å². The quantitative estimate of drug-likeness (QED) is 0.461. The minimum absolute atomic E-state index is 0.0955. The second-order valence-corrected chi connectivity index (χ2v) is 8.24. The normalized spacial score (nSPS) is 29.4. The van der Waals surface area contributed by atoms with E-state index in [1.54, 1.807) is 6.08 Å². The van der Waals surface area contributed by atoms with Crippen LogP contribution >= 0.6 is 0 Å². The summed E-state index contributed by atoms with van der Waals surface area (Å²) < 4.78 is 5.10. The molecule has 0 saturated heterocycles. The van der Waals surface area contributed by atoms with Gasteiger partial charge < -0.3 is 9.84 Å². The Balaban J connectivity index is 2.12. The third-order valence-corrected chi connectivity index (χ3v) is 6.94. The number of ether oxygens (including phenoxy) is 1. The standard InChI is InChI=1S/C25H25NO4/c1-5-18-14-24(22(27)28,23(29)30-4)21(17-12-10-15(2)11-13-17)25(18)16(3)26-20-9-7-6-8-19(20)25/h5-13,18,21H,1,14H2,2-4H3,(H,27,28)/t18-,21+,24?,25+/m0/s1. The highest BCUT2D eigenvalue weighted by Crippen LogP contribution is 2.67. The molecular formula is C25H25NO4. The number of fused-ring (bicyclic) bond motifs is 2. The Morgan fingerprint density at radius 1 is 1.17 bits per heavy atom. The Kier molecular flexibility index (Phi) is 4.64. The Bertz CT molecular complexity index is 1070. The molecule has 2 aliphatic rings. The molecule has 1 aliphatic heterocycles. The van der Waals surface area contributed by atoms with Crippen molar-refractivity contribution in [2.75, 3.05) is 7.11 Å². The number of para-hydroxylation sites is 1. The van der Waals surface area contributed by atoms with Gasteiger partial charge in [0, 0.05) is 11.6 Å². The number of carboxylic acids is 1. The smallest absolute Gasteiger partial charge is 0.323 e.